The molecule has 2 aliphatic rings. The van der Waals surface area contributed by atoms with Crippen molar-refractivity contribution in [2.24, 2.45) is 16.5 Å². The van der Waals surface area contributed by atoms with Crippen LogP contribution >= 0.6 is 0 Å². The van der Waals surface area contributed by atoms with Gasteiger partial charge in [-0.2, -0.15) is 10.3 Å². The fourth-order valence-corrected chi connectivity index (χ4v) is 3.10. The smallest absolute Gasteiger partial charge is 0.280 e. The summed E-state index contributed by atoms with van der Waals surface area (Å²) in [6.45, 7) is 0. The largest absolute Gasteiger partial charge is 0.370 e. The fraction of sp³-hybridized carbons (Fsp3) is 0.150. The maximum atomic E-state index is 14.0. The van der Waals surface area contributed by atoms with Gasteiger partial charge in [-0.3, -0.25) is 4.79 Å². The van der Waals surface area contributed by atoms with Crippen LogP contribution in [0.4, 0.5) is 4.39 Å². The molecule has 130 valence electrons. The lowest BCUT2D eigenvalue weighted by molar-refractivity contribution is 0.100. The molecule has 0 aliphatic heterocycles. The van der Waals surface area contributed by atoms with E-state index in [1.54, 1.807) is 18.2 Å². The Bertz CT molecular complexity index is 970. The van der Waals surface area contributed by atoms with Gasteiger partial charge in [-0.1, -0.05) is 12.1 Å². The number of halogens is 1. The minimum atomic E-state index is -0.531. The van der Waals surface area contributed by atoms with E-state index in [-0.39, 0.29) is 18.2 Å². The SMILES string of the molecule is N#CC1=CC=C(F)CC(C2=CCCc3ccc(C(=O)N=C(N)N)cc32)=C1. The van der Waals surface area contributed by atoms with E-state index in [0.29, 0.717) is 16.7 Å². The molecule has 4 N–H and O–H groups in total. The molecule has 3 rings (SSSR count). The van der Waals surface area contributed by atoms with Crippen LogP contribution in [0.2, 0.25) is 0 Å². The molecule has 6 heteroatoms. The highest BCUT2D eigenvalue weighted by atomic mass is 19.1. The average Bonchev–Trinajstić information content (AvgIpc) is 2.81. The molecule has 5 nitrogen and oxygen atoms in total. The van der Waals surface area contributed by atoms with Crippen molar-refractivity contribution in [3.63, 3.8) is 0 Å². The molecule has 0 fully saturated rings. The van der Waals surface area contributed by atoms with E-state index in [0.717, 1.165) is 29.5 Å². The number of amides is 1. The van der Waals surface area contributed by atoms with Gasteiger partial charge in [-0.25, -0.2) is 4.39 Å². The van der Waals surface area contributed by atoms with E-state index in [2.05, 4.69) is 11.1 Å². The number of benzene rings is 1. The van der Waals surface area contributed by atoms with Crippen LogP contribution in [0.5, 0.6) is 0 Å². The van der Waals surface area contributed by atoms with E-state index >= 15 is 0 Å². The molecule has 0 spiro atoms. The summed E-state index contributed by atoms with van der Waals surface area (Å²) in [5.74, 6) is -1.15. The minimum Gasteiger partial charge on any atom is -0.370 e. The van der Waals surface area contributed by atoms with Crippen molar-refractivity contribution in [2.45, 2.75) is 19.3 Å². The lowest BCUT2D eigenvalue weighted by Crippen LogP contribution is -2.24. The molecule has 1 aromatic rings. The number of hydrogen-bond acceptors (Lipinski definition) is 2. The monoisotopic (exact) mass is 348 g/mol. The quantitative estimate of drug-likeness (QED) is 0.633. The zero-order chi connectivity index (χ0) is 18.7. The lowest BCUT2D eigenvalue weighted by Gasteiger charge is -2.20. The third kappa shape index (κ3) is 3.62. The van der Waals surface area contributed by atoms with E-state index in [1.807, 2.05) is 12.1 Å². The van der Waals surface area contributed by atoms with Gasteiger partial charge < -0.3 is 11.5 Å². The van der Waals surface area contributed by atoms with Gasteiger partial charge in [0.05, 0.1) is 11.6 Å². The van der Waals surface area contributed by atoms with Crippen LogP contribution in [0.1, 0.15) is 34.3 Å². The maximum absolute atomic E-state index is 14.0. The molecule has 0 unspecified atom stereocenters. The molecule has 0 saturated heterocycles. The van der Waals surface area contributed by atoms with Gasteiger partial charge >= 0.3 is 0 Å². The fourth-order valence-electron chi connectivity index (χ4n) is 3.10. The maximum Gasteiger partial charge on any atom is 0.280 e. The topological polar surface area (TPSA) is 105 Å². The number of hydrogen-bond donors (Lipinski definition) is 2. The van der Waals surface area contributed by atoms with E-state index < -0.39 is 5.91 Å². The first-order valence-electron chi connectivity index (χ1n) is 8.12. The molecule has 0 aromatic heterocycles. The molecule has 2 aliphatic carbocycles. The summed E-state index contributed by atoms with van der Waals surface area (Å²) < 4.78 is 14.0. The summed E-state index contributed by atoms with van der Waals surface area (Å²) in [6.07, 6.45) is 8.19. The summed E-state index contributed by atoms with van der Waals surface area (Å²) in [5, 5.41) is 9.20. The van der Waals surface area contributed by atoms with Crippen molar-refractivity contribution < 1.29 is 9.18 Å². The molecular weight excluding hydrogens is 331 g/mol. The van der Waals surface area contributed by atoms with Crippen LogP contribution in [0.15, 0.2) is 64.5 Å². The van der Waals surface area contributed by atoms with Crippen molar-refractivity contribution >= 4 is 17.4 Å². The number of carbonyl (C=O) groups is 1. The van der Waals surface area contributed by atoms with Crippen molar-refractivity contribution in [3.8, 4) is 6.07 Å². The van der Waals surface area contributed by atoms with Gasteiger partial charge in [0.25, 0.3) is 5.91 Å². The van der Waals surface area contributed by atoms with Gasteiger partial charge in [0.2, 0.25) is 0 Å². The highest BCUT2D eigenvalue weighted by Gasteiger charge is 2.20. The molecule has 0 atom stereocenters. The summed E-state index contributed by atoms with van der Waals surface area (Å²) in [4.78, 5) is 15.7. The van der Waals surface area contributed by atoms with Crippen LogP contribution in [-0.2, 0) is 6.42 Å². The number of allylic oxidation sites excluding steroid dienone is 8. The van der Waals surface area contributed by atoms with Gasteiger partial charge in [-0.05, 0) is 65.5 Å². The second-order valence-corrected chi connectivity index (χ2v) is 6.06. The summed E-state index contributed by atoms with van der Waals surface area (Å²) in [7, 11) is 0. The second-order valence-electron chi connectivity index (χ2n) is 6.06. The Kier molecular flexibility index (Phi) is 4.81. The number of nitrogens with zero attached hydrogens (tertiary/aromatic N) is 2. The Morgan fingerprint density at radius 1 is 1.27 bits per heavy atom. The van der Waals surface area contributed by atoms with Gasteiger partial charge in [0, 0.05) is 12.0 Å². The number of rotatable bonds is 2. The number of fused-ring (bicyclic) bond motifs is 1. The number of aliphatic imine (C=N–C) groups is 1. The number of guanidine groups is 1. The lowest BCUT2D eigenvalue weighted by atomic mass is 9.84. The number of carbonyl (C=O) groups excluding carboxylic acids is 1. The number of aryl methyl sites for hydroxylation is 1. The highest BCUT2D eigenvalue weighted by molar-refractivity contribution is 6.02. The van der Waals surface area contributed by atoms with E-state index in [4.69, 9.17) is 11.5 Å². The predicted octanol–water partition coefficient (Wildman–Crippen LogP) is 3.06. The summed E-state index contributed by atoms with van der Waals surface area (Å²) in [6, 6.07) is 7.32. The number of nitriles is 1. The zero-order valence-corrected chi connectivity index (χ0v) is 14.0. The Balaban J connectivity index is 2.06. The van der Waals surface area contributed by atoms with Crippen molar-refractivity contribution in [2.75, 3.05) is 0 Å². The minimum absolute atomic E-state index is 0.0963. The molecule has 26 heavy (non-hydrogen) atoms. The van der Waals surface area contributed by atoms with Gasteiger partial charge in [0.1, 0.15) is 5.83 Å². The first kappa shape index (κ1) is 17.4. The van der Waals surface area contributed by atoms with Crippen LogP contribution in [0.3, 0.4) is 0 Å². The third-order valence-electron chi connectivity index (χ3n) is 4.25. The Hall–Kier alpha value is -3.46. The Morgan fingerprint density at radius 2 is 2.08 bits per heavy atom. The Labute approximate surface area is 150 Å². The Morgan fingerprint density at radius 3 is 2.81 bits per heavy atom. The summed E-state index contributed by atoms with van der Waals surface area (Å²) >= 11 is 0. The van der Waals surface area contributed by atoms with Crippen LogP contribution in [0, 0.1) is 11.3 Å². The summed E-state index contributed by atoms with van der Waals surface area (Å²) in [5.41, 5.74) is 14.7. The van der Waals surface area contributed by atoms with Crippen molar-refractivity contribution in [1.82, 2.24) is 0 Å². The molecule has 0 saturated carbocycles. The third-order valence-corrected chi connectivity index (χ3v) is 4.25. The van der Waals surface area contributed by atoms with Gasteiger partial charge in [-0.15, -0.1) is 0 Å². The normalized spacial score (nSPS) is 16.0. The molecule has 0 bridgehead atoms. The van der Waals surface area contributed by atoms with Crippen LogP contribution in [0.25, 0.3) is 5.57 Å². The second kappa shape index (κ2) is 7.19. The van der Waals surface area contributed by atoms with E-state index in [9.17, 15) is 14.4 Å². The zero-order valence-electron chi connectivity index (χ0n) is 14.0. The molecule has 1 amide bonds. The molecule has 0 heterocycles. The standard InChI is InChI=1S/C20H17FN4O/c21-16-7-4-12(11-22)8-15(9-16)17-3-1-2-13-5-6-14(10-18(13)17)19(26)25-20(23)24/h3-8,10H,1-2,9H2,(H4,23,24,25,26). The van der Waals surface area contributed by atoms with Crippen molar-refractivity contribution in [1.29, 1.82) is 5.26 Å². The predicted molar refractivity (Wildman–Crippen MR) is 98.5 cm³/mol. The van der Waals surface area contributed by atoms with Crippen molar-refractivity contribution in [3.05, 3.63) is 76.2 Å². The molecule has 1 aromatic carbocycles. The molecular formula is C20H17FN4O. The molecule has 0 radical (unpaired) electrons. The highest BCUT2D eigenvalue weighted by Crippen LogP contribution is 2.36. The van der Waals surface area contributed by atoms with Crippen LogP contribution in [-0.4, -0.2) is 11.9 Å². The average molecular weight is 348 g/mol. The first-order chi connectivity index (χ1) is 12.5. The number of nitrogens with two attached hydrogens (primary N) is 2. The van der Waals surface area contributed by atoms with Crippen LogP contribution < -0.4 is 11.5 Å². The van der Waals surface area contributed by atoms with E-state index in [1.165, 1.54) is 12.2 Å². The van der Waals surface area contributed by atoms with Gasteiger partial charge in [0.15, 0.2) is 5.96 Å². The first-order valence-corrected chi connectivity index (χ1v) is 8.12.